The zero-order valence-corrected chi connectivity index (χ0v) is 11.9. The molecule has 0 aromatic heterocycles. The van der Waals surface area contributed by atoms with Crippen molar-refractivity contribution in [1.29, 1.82) is 0 Å². The summed E-state index contributed by atoms with van der Waals surface area (Å²) in [6, 6.07) is 6.02. The van der Waals surface area contributed by atoms with Gasteiger partial charge in [-0.05, 0) is 50.9 Å². The average Bonchev–Trinajstić information content (AvgIpc) is 2.41. The number of hydrogen-bond donors (Lipinski definition) is 2. The lowest BCUT2D eigenvalue weighted by molar-refractivity contribution is 0.255. The molecule has 1 rings (SSSR count). The fourth-order valence-electron chi connectivity index (χ4n) is 1.83. The smallest absolute Gasteiger partial charge is 0.161 e. The van der Waals surface area contributed by atoms with E-state index in [0.717, 1.165) is 37.3 Å². The molecule has 2 N–H and O–H groups in total. The predicted molar refractivity (Wildman–Crippen MR) is 76.8 cm³/mol. The molecule has 0 heterocycles. The Balaban J connectivity index is 2.54. The van der Waals surface area contributed by atoms with Gasteiger partial charge >= 0.3 is 0 Å². The molecular formula is C15H25NO3. The summed E-state index contributed by atoms with van der Waals surface area (Å²) in [7, 11) is 1.92. The summed E-state index contributed by atoms with van der Waals surface area (Å²) in [5.41, 5.74) is 1.18. The van der Waals surface area contributed by atoms with E-state index in [9.17, 15) is 0 Å². The van der Waals surface area contributed by atoms with E-state index < -0.39 is 0 Å². The van der Waals surface area contributed by atoms with E-state index in [2.05, 4.69) is 5.32 Å². The first-order chi connectivity index (χ1) is 9.31. The molecule has 0 aliphatic heterocycles. The molecular weight excluding hydrogens is 242 g/mol. The van der Waals surface area contributed by atoms with Crippen molar-refractivity contribution in [3.05, 3.63) is 23.8 Å². The Kier molecular flexibility index (Phi) is 8.02. The first kappa shape index (κ1) is 15.8. The van der Waals surface area contributed by atoms with Gasteiger partial charge < -0.3 is 19.9 Å². The van der Waals surface area contributed by atoms with Crippen molar-refractivity contribution in [2.75, 3.05) is 26.9 Å². The summed E-state index contributed by atoms with van der Waals surface area (Å²) in [6.45, 7) is 4.32. The van der Waals surface area contributed by atoms with Crippen LogP contribution in [0, 0.1) is 0 Å². The summed E-state index contributed by atoms with van der Waals surface area (Å²) in [5.74, 6) is 1.60. The highest BCUT2D eigenvalue weighted by Crippen LogP contribution is 2.28. The van der Waals surface area contributed by atoms with Crippen LogP contribution >= 0.6 is 0 Å². The number of nitrogens with one attached hydrogen (secondary N) is 1. The molecule has 0 unspecified atom stereocenters. The van der Waals surface area contributed by atoms with E-state index in [1.54, 1.807) is 0 Å². The highest BCUT2D eigenvalue weighted by molar-refractivity contribution is 5.43. The van der Waals surface area contributed by atoms with Gasteiger partial charge in [-0.2, -0.15) is 0 Å². The minimum absolute atomic E-state index is 0.253. The first-order valence-corrected chi connectivity index (χ1v) is 6.95. The molecule has 0 aliphatic rings. The molecule has 0 atom stereocenters. The molecule has 4 nitrogen and oxygen atoms in total. The standard InChI is InChI=1S/C15H25NO3/c1-3-18-15-11-13(12-16-2)7-8-14(15)19-10-6-4-5-9-17/h7-8,11,16-17H,3-6,9-10,12H2,1-2H3. The van der Waals surface area contributed by atoms with Gasteiger partial charge in [0.2, 0.25) is 0 Å². The Bertz CT molecular complexity index is 355. The number of hydrogen-bond acceptors (Lipinski definition) is 4. The third kappa shape index (κ3) is 5.94. The van der Waals surface area contributed by atoms with Crippen LogP contribution in [0.3, 0.4) is 0 Å². The van der Waals surface area contributed by atoms with E-state index in [4.69, 9.17) is 14.6 Å². The molecule has 1 aromatic rings. The van der Waals surface area contributed by atoms with Gasteiger partial charge in [0, 0.05) is 13.2 Å². The molecule has 4 heteroatoms. The molecule has 0 saturated heterocycles. The largest absolute Gasteiger partial charge is 0.490 e. The van der Waals surface area contributed by atoms with Crippen LogP contribution in [0.15, 0.2) is 18.2 Å². The molecule has 1 aromatic carbocycles. The van der Waals surface area contributed by atoms with E-state index >= 15 is 0 Å². The SMILES string of the molecule is CCOc1cc(CNC)ccc1OCCCCCO. The Morgan fingerprint density at radius 3 is 2.63 bits per heavy atom. The van der Waals surface area contributed by atoms with Gasteiger partial charge in [0.25, 0.3) is 0 Å². The highest BCUT2D eigenvalue weighted by atomic mass is 16.5. The summed E-state index contributed by atoms with van der Waals surface area (Å²) in [6.07, 6.45) is 2.77. The summed E-state index contributed by atoms with van der Waals surface area (Å²) in [5, 5.41) is 11.8. The van der Waals surface area contributed by atoms with Gasteiger partial charge in [-0.1, -0.05) is 6.07 Å². The zero-order valence-electron chi connectivity index (χ0n) is 11.9. The molecule has 0 saturated carbocycles. The van der Waals surface area contributed by atoms with Crippen LogP contribution in [0.5, 0.6) is 11.5 Å². The Labute approximate surface area is 115 Å². The fourth-order valence-corrected chi connectivity index (χ4v) is 1.83. The number of ether oxygens (including phenoxy) is 2. The van der Waals surface area contributed by atoms with Gasteiger partial charge in [-0.3, -0.25) is 0 Å². The topological polar surface area (TPSA) is 50.7 Å². The molecule has 0 radical (unpaired) electrons. The average molecular weight is 267 g/mol. The maximum absolute atomic E-state index is 8.71. The maximum Gasteiger partial charge on any atom is 0.161 e. The van der Waals surface area contributed by atoms with Crippen molar-refractivity contribution in [1.82, 2.24) is 5.32 Å². The Morgan fingerprint density at radius 1 is 1.11 bits per heavy atom. The van der Waals surface area contributed by atoms with E-state index in [0.29, 0.717) is 13.2 Å². The summed E-state index contributed by atoms with van der Waals surface area (Å²) < 4.78 is 11.4. The maximum atomic E-state index is 8.71. The number of benzene rings is 1. The van der Waals surface area contributed by atoms with Crippen molar-refractivity contribution < 1.29 is 14.6 Å². The fraction of sp³-hybridized carbons (Fsp3) is 0.600. The molecule has 0 aliphatic carbocycles. The molecule has 0 fully saturated rings. The number of aliphatic hydroxyl groups excluding tert-OH is 1. The molecule has 0 bridgehead atoms. The van der Waals surface area contributed by atoms with Crippen LogP contribution in [0.4, 0.5) is 0 Å². The van der Waals surface area contributed by atoms with Gasteiger partial charge in [0.05, 0.1) is 13.2 Å². The zero-order chi connectivity index (χ0) is 13.9. The third-order valence-electron chi connectivity index (χ3n) is 2.75. The molecule has 0 spiro atoms. The van der Waals surface area contributed by atoms with Gasteiger partial charge in [0.1, 0.15) is 0 Å². The summed E-state index contributed by atoms with van der Waals surface area (Å²) >= 11 is 0. The molecule has 0 amide bonds. The Morgan fingerprint density at radius 2 is 1.95 bits per heavy atom. The van der Waals surface area contributed by atoms with Crippen LogP contribution in [0.2, 0.25) is 0 Å². The van der Waals surface area contributed by atoms with Crippen LogP contribution in [0.25, 0.3) is 0 Å². The van der Waals surface area contributed by atoms with Crippen molar-refractivity contribution in [2.24, 2.45) is 0 Å². The first-order valence-electron chi connectivity index (χ1n) is 6.95. The number of aliphatic hydroxyl groups is 1. The molecule has 108 valence electrons. The third-order valence-corrected chi connectivity index (χ3v) is 2.75. The second-order valence-electron chi connectivity index (χ2n) is 4.38. The minimum atomic E-state index is 0.253. The van der Waals surface area contributed by atoms with E-state index in [1.165, 1.54) is 5.56 Å². The van der Waals surface area contributed by atoms with E-state index in [-0.39, 0.29) is 6.61 Å². The van der Waals surface area contributed by atoms with Crippen molar-refractivity contribution in [2.45, 2.75) is 32.7 Å². The van der Waals surface area contributed by atoms with Crippen LogP contribution in [-0.2, 0) is 6.54 Å². The Hall–Kier alpha value is -1.26. The van der Waals surface area contributed by atoms with Crippen LogP contribution < -0.4 is 14.8 Å². The van der Waals surface area contributed by atoms with E-state index in [1.807, 2.05) is 32.2 Å². The highest BCUT2D eigenvalue weighted by Gasteiger charge is 2.06. The van der Waals surface area contributed by atoms with Crippen molar-refractivity contribution in [3.63, 3.8) is 0 Å². The van der Waals surface area contributed by atoms with Gasteiger partial charge in [0.15, 0.2) is 11.5 Å². The number of rotatable bonds is 10. The second-order valence-corrected chi connectivity index (χ2v) is 4.38. The monoisotopic (exact) mass is 267 g/mol. The minimum Gasteiger partial charge on any atom is -0.490 e. The lowest BCUT2D eigenvalue weighted by Crippen LogP contribution is -2.06. The predicted octanol–water partition coefficient (Wildman–Crippen LogP) is 2.35. The lowest BCUT2D eigenvalue weighted by atomic mass is 10.2. The van der Waals surface area contributed by atoms with Gasteiger partial charge in [-0.15, -0.1) is 0 Å². The quantitative estimate of drug-likeness (QED) is 0.639. The van der Waals surface area contributed by atoms with Crippen molar-refractivity contribution in [3.8, 4) is 11.5 Å². The van der Waals surface area contributed by atoms with Gasteiger partial charge in [-0.25, -0.2) is 0 Å². The normalized spacial score (nSPS) is 10.5. The molecule has 19 heavy (non-hydrogen) atoms. The number of unbranched alkanes of at least 4 members (excludes halogenated alkanes) is 2. The van der Waals surface area contributed by atoms with Crippen molar-refractivity contribution >= 4 is 0 Å². The second kappa shape index (κ2) is 9.64. The lowest BCUT2D eigenvalue weighted by Gasteiger charge is -2.13. The van der Waals surface area contributed by atoms with Crippen LogP contribution in [-0.4, -0.2) is 32.0 Å². The van der Waals surface area contributed by atoms with Crippen LogP contribution in [0.1, 0.15) is 31.7 Å². The summed E-state index contributed by atoms with van der Waals surface area (Å²) in [4.78, 5) is 0.